The highest BCUT2D eigenvalue weighted by Crippen LogP contribution is 2.25. The van der Waals surface area contributed by atoms with E-state index in [2.05, 4.69) is 4.98 Å². The first-order valence-electron chi connectivity index (χ1n) is 8.04. The number of nitriles is 1. The molecule has 0 amide bonds. The lowest BCUT2D eigenvalue weighted by Crippen LogP contribution is -2.39. The molecule has 0 unspecified atom stereocenters. The summed E-state index contributed by atoms with van der Waals surface area (Å²) in [7, 11) is -3.67. The second-order valence-corrected chi connectivity index (χ2v) is 7.96. The molecule has 2 rings (SSSR count). The van der Waals surface area contributed by atoms with Crippen molar-refractivity contribution in [3.8, 4) is 6.07 Å². The van der Waals surface area contributed by atoms with Crippen molar-refractivity contribution in [2.24, 2.45) is 0 Å². The molecule has 0 fully saturated rings. The van der Waals surface area contributed by atoms with Gasteiger partial charge < -0.3 is 0 Å². The lowest BCUT2D eigenvalue weighted by molar-refractivity contribution is 0.297. The Labute approximate surface area is 153 Å². The molecule has 0 aliphatic rings. The molecular formula is C18H20ClN3O2S. The number of rotatable bonds is 7. The van der Waals surface area contributed by atoms with Gasteiger partial charge in [0.2, 0.25) is 10.0 Å². The molecule has 0 aliphatic heterocycles. The van der Waals surface area contributed by atoms with Gasteiger partial charge in [0.25, 0.3) is 0 Å². The molecule has 0 N–H and O–H groups in total. The molecule has 2 aromatic rings. The molecule has 0 saturated carbocycles. The minimum atomic E-state index is -3.67. The third-order valence-electron chi connectivity index (χ3n) is 4.05. The van der Waals surface area contributed by atoms with Gasteiger partial charge in [-0.05, 0) is 48.7 Å². The Kier molecular flexibility index (Phi) is 6.54. The van der Waals surface area contributed by atoms with Crippen LogP contribution in [-0.2, 0) is 16.6 Å². The molecule has 25 heavy (non-hydrogen) atoms. The Morgan fingerprint density at radius 2 is 1.80 bits per heavy atom. The summed E-state index contributed by atoms with van der Waals surface area (Å²) < 4.78 is 27.8. The van der Waals surface area contributed by atoms with Crippen molar-refractivity contribution < 1.29 is 8.42 Å². The maximum atomic E-state index is 13.1. The monoisotopic (exact) mass is 377 g/mol. The zero-order valence-corrected chi connectivity index (χ0v) is 15.8. The van der Waals surface area contributed by atoms with Gasteiger partial charge in [-0.15, -0.1) is 0 Å². The van der Waals surface area contributed by atoms with Crippen LogP contribution in [0.25, 0.3) is 0 Å². The third-order valence-corrected chi connectivity index (χ3v) is 6.21. The number of pyridine rings is 1. The lowest BCUT2D eigenvalue weighted by Gasteiger charge is -2.29. The van der Waals surface area contributed by atoms with Crippen LogP contribution in [0.15, 0.2) is 47.5 Å². The third kappa shape index (κ3) is 4.57. The van der Waals surface area contributed by atoms with Crippen molar-refractivity contribution in [3.05, 3.63) is 58.9 Å². The van der Waals surface area contributed by atoms with Crippen LogP contribution in [0.3, 0.4) is 0 Å². The highest BCUT2D eigenvalue weighted by atomic mass is 35.5. The van der Waals surface area contributed by atoms with Crippen molar-refractivity contribution in [1.29, 1.82) is 5.26 Å². The number of sulfonamides is 1. The SMILES string of the molecule is CCC(CC)N(Cc1ccc(C#N)nc1)S(=O)(=O)c1ccc(Cl)cc1. The Morgan fingerprint density at radius 3 is 2.28 bits per heavy atom. The van der Waals surface area contributed by atoms with E-state index >= 15 is 0 Å². The summed E-state index contributed by atoms with van der Waals surface area (Å²) in [6, 6.07) is 11.3. The summed E-state index contributed by atoms with van der Waals surface area (Å²) in [5, 5.41) is 9.34. The molecule has 5 nitrogen and oxygen atoms in total. The second-order valence-electron chi connectivity index (χ2n) is 5.64. The van der Waals surface area contributed by atoms with Gasteiger partial charge in [0.15, 0.2) is 0 Å². The van der Waals surface area contributed by atoms with Crippen LogP contribution < -0.4 is 0 Å². The summed E-state index contributed by atoms with van der Waals surface area (Å²) in [5.74, 6) is 0. The van der Waals surface area contributed by atoms with Crippen molar-refractivity contribution in [1.82, 2.24) is 9.29 Å². The molecule has 0 radical (unpaired) electrons. The molecule has 0 saturated heterocycles. The topological polar surface area (TPSA) is 74.1 Å². The molecule has 1 heterocycles. The predicted molar refractivity (Wildman–Crippen MR) is 97.5 cm³/mol. The van der Waals surface area contributed by atoms with Crippen molar-refractivity contribution in [3.63, 3.8) is 0 Å². The van der Waals surface area contributed by atoms with Crippen molar-refractivity contribution >= 4 is 21.6 Å². The van der Waals surface area contributed by atoms with E-state index in [0.717, 1.165) is 5.56 Å². The van der Waals surface area contributed by atoms with Gasteiger partial charge in [-0.1, -0.05) is 31.5 Å². The van der Waals surface area contributed by atoms with E-state index < -0.39 is 10.0 Å². The minimum Gasteiger partial charge on any atom is -0.245 e. The quantitative estimate of drug-likeness (QED) is 0.731. The standard InChI is InChI=1S/C18H20ClN3O2S/c1-3-17(4-2)22(13-14-5-8-16(11-20)21-12-14)25(23,24)18-9-6-15(19)7-10-18/h5-10,12,17H,3-4,13H2,1-2H3. The molecule has 1 aromatic heterocycles. The molecule has 0 atom stereocenters. The molecule has 1 aromatic carbocycles. The number of benzene rings is 1. The van der Waals surface area contributed by atoms with E-state index in [-0.39, 0.29) is 17.5 Å². The van der Waals surface area contributed by atoms with Gasteiger partial charge in [0.05, 0.1) is 4.90 Å². The Balaban J connectivity index is 2.40. The van der Waals surface area contributed by atoms with Gasteiger partial charge in [-0.2, -0.15) is 9.57 Å². The fourth-order valence-electron chi connectivity index (χ4n) is 2.61. The van der Waals surface area contributed by atoms with Crippen LogP contribution in [0, 0.1) is 11.3 Å². The lowest BCUT2D eigenvalue weighted by atomic mass is 10.1. The van der Waals surface area contributed by atoms with E-state index in [1.165, 1.54) is 16.4 Å². The number of halogens is 1. The molecule has 7 heteroatoms. The maximum Gasteiger partial charge on any atom is 0.243 e. The number of aromatic nitrogens is 1. The molecular weight excluding hydrogens is 358 g/mol. The van der Waals surface area contributed by atoms with E-state index in [1.54, 1.807) is 30.5 Å². The predicted octanol–water partition coefficient (Wildman–Crippen LogP) is 3.99. The molecule has 132 valence electrons. The first-order chi connectivity index (χ1) is 11.9. The Hall–Kier alpha value is -1.94. The van der Waals surface area contributed by atoms with Gasteiger partial charge >= 0.3 is 0 Å². The van der Waals surface area contributed by atoms with Gasteiger partial charge in [-0.3, -0.25) is 0 Å². The van der Waals surface area contributed by atoms with Crippen molar-refractivity contribution in [2.75, 3.05) is 0 Å². The van der Waals surface area contributed by atoms with E-state index in [0.29, 0.717) is 23.6 Å². The average molecular weight is 378 g/mol. The van der Waals surface area contributed by atoms with E-state index in [4.69, 9.17) is 16.9 Å². The highest BCUT2D eigenvalue weighted by Gasteiger charge is 2.30. The summed E-state index contributed by atoms with van der Waals surface area (Å²) in [6.07, 6.45) is 2.95. The maximum absolute atomic E-state index is 13.1. The summed E-state index contributed by atoms with van der Waals surface area (Å²) in [5.41, 5.74) is 1.04. The number of hydrogen-bond donors (Lipinski definition) is 0. The van der Waals surface area contributed by atoms with Gasteiger partial charge in [-0.25, -0.2) is 13.4 Å². The Morgan fingerprint density at radius 1 is 1.16 bits per heavy atom. The van der Waals surface area contributed by atoms with E-state index in [9.17, 15) is 8.42 Å². The van der Waals surface area contributed by atoms with E-state index in [1.807, 2.05) is 19.9 Å². The normalized spacial score (nSPS) is 11.7. The molecule has 0 spiro atoms. The van der Waals surface area contributed by atoms with Gasteiger partial charge in [0, 0.05) is 23.8 Å². The minimum absolute atomic E-state index is 0.128. The fraction of sp³-hybridized carbons (Fsp3) is 0.333. The largest absolute Gasteiger partial charge is 0.245 e. The second kappa shape index (κ2) is 8.43. The highest BCUT2D eigenvalue weighted by molar-refractivity contribution is 7.89. The Bertz CT molecular complexity index is 839. The summed E-state index contributed by atoms with van der Waals surface area (Å²) in [4.78, 5) is 4.24. The van der Waals surface area contributed by atoms with Gasteiger partial charge in [0.1, 0.15) is 11.8 Å². The van der Waals surface area contributed by atoms with Crippen LogP contribution in [0.4, 0.5) is 0 Å². The van der Waals surface area contributed by atoms with Crippen LogP contribution in [-0.4, -0.2) is 23.7 Å². The zero-order chi connectivity index (χ0) is 18.4. The molecule has 0 bridgehead atoms. The fourth-order valence-corrected chi connectivity index (χ4v) is 4.50. The number of nitrogens with zero attached hydrogens (tertiary/aromatic N) is 3. The molecule has 0 aliphatic carbocycles. The average Bonchev–Trinajstić information content (AvgIpc) is 2.62. The van der Waals surface area contributed by atoms with Crippen LogP contribution in [0.1, 0.15) is 37.9 Å². The van der Waals surface area contributed by atoms with Crippen LogP contribution in [0.2, 0.25) is 5.02 Å². The van der Waals surface area contributed by atoms with Crippen LogP contribution >= 0.6 is 11.6 Å². The smallest absolute Gasteiger partial charge is 0.243 e. The number of hydrogen-bond acceptors (Lipinski definition) is 4. The summed E-state index contributed by atoms with van der Waals surface area (Å²) in [6.45, 7) is 4.14. The van der Waals surface area contributed by atoms with Crippen LogP contribution in [0.5, 0.6) is 0 Å². The van der Waals surface area contributed by atoms with Crippen molar-refractivity contribution in [2.45, 2.75) is 44.2 Å². The first kappa shape index (κ1) is 19.4. The summed E-state index contributed by atoms with van der Waals surface area (Å²) >= 11 is 5.87. The first-order valence-corrected chi connectivity index (χ1v) is 9.86. The zero-order valence-electron chi connectivity index (χ0n) is 14.2.